The van der Waals surface area contributed by atoms with Crippen molar-refractivity contribution in [3.05, 3.63) is 52.0 Å². The van der Waals surface area contributed by atoms with Crippen LogP contribution >= 0.6 is 11.3 Å². The van der Waals surface area contributed by atoms with E-state index in [1.807, 2.05) is 20.0 Å². The third-order valence-electron chi connectivity index (χ3n) is 3.55. The molecule has 0 spiro atoms. The molecule has 0 radical (unpaired) electrons. The summed E-state index contributed by atoms with van der Waals surface area (Å²) in [5.41, 5.74) is 1.72. The van der Waals surface area contributed by atoms with Crippen molar-refractivity contribution >= 4 is 17.0 Å². The summed E-state index contributed by atoms with van der Waals surface area (Å²) in [6, 6.07) is 9.48. The van der Waals surface area contributed by atoms with Crippen molar-refractivity contribution in [3.8, 4) is 0 Å². The van der Waals surface area contributed by atoms with Crippen LogP contribution in [0.1, 0.15) is 30.3 Å². The second-order valence-corrected chi connectivity index (χ2v) is 5.81. The molecular formula is C16H21FN2S. The maximum absolute atomic E-state index is 14.2. The standard InChI is InChI=1S/C16H21FN2S/c1-4-19(11-13-7-6-10-20-13)15-9-5-8-14(17)16(15)12(2)18-3/h5-10,12,18H,4,11H2,1-3H3. The fourth-order valence-corrected chi connectivity index (χ4v) is 3.05. The molecule has 0 fully saturated rings. The van der Waals surface area contributed by atoms with Crippen LogP contribution in [0.4, 0.5) is 10.1 Å². The number of rotatable bonds is 6. The first kappa shape index (κ1) is 15.0. The number of hydrogen-bond donors (Lipinski definition) is 1. The van der Waals surface area contributed by atoms with E-state index in [9.17, 15) is 4.39 Å². The van der Waals surface area contributed by atoms with Gasteiger partial charge in [-0.2, -0.15) is 0 Å². The van der Waals surface area contributed by atoms with Gasteiger partial charge in [0, 0.05) is 28.7 Å². The summed E-state index contributed by atoms with van der Waals surface area (Å²) in [7, 11) is 1.86. The van der Waals surface area contributed by atoms with Gasteiger partial charge in [0.05, 0.1) is 6.54 Å². The van der Waals surface area contributed by atoms with E-state index in [0.29, 0.717) is 0 Å². The van der Waals surface area contributed by atoms with E-state index in [0.717, 1.165) is 24.3 Å². The lowest BCUT2D eigenvalue weighted by Crippen LogP contribution is -2.25. The number of nitrogens with zero attached hydrogens (tertiary/aromatic N) is 1. The Morgan fingerprint density at radius 3 is 2.70 bits per heavy atom. The molecule has 0 amide bonds. The predicted molar refractivity (Wildman–Crippen MR) is 84.9 cm³/mol. The van der Waals surface area contributed by atoms with Gasteiger partial charge >= 0.3 is 0 Å². The molecule has 0 saturated carbocycles. The van der Waals surface area contributed by atoms with Crippen molar-refractivity contribution in [2.75, 3.05) is 18.5 Å². The maximum atomic E-state index is 14.2. The van der Waals surface area contributed by atoms with E-state index in [4.69, 9.17) is 0 Å². The highest BCUT2D eigenvalue weighted by atomic mass is 32.1. The van der Waals surface area contributed by atoms with Crippen LogP contribution in [0.2, 0.25) is 0 Å². The molecule has 0 bridgehead atoms. The molecule has 0 saturated heterocycles. The third-order valence-corrected chi connectivity index (χ3v) is 4.41. The van der Waals surface area contributed by atoms with Gasteiger partial charge in [0.1, 0.15) is 5.82 Å². The third kappa shape index (κ3) is 3.19. The van der Waals surface area contributed by atoms with Crippen LogP contribution in [-0.2, 0) is 6.54 Å². The normalized spacial score (nSPS) is 12.4. The Kier molecular flexibility index (Phi) is 5.15. The van der Waals surface area contributed by atoms with Crippen molar-refractivity contribution in [1.82, 2.24) is 5.32 Å². The van der Waals surface area contributed by atoms with Gasteiger partial charge < -0.3 is 10.2 Å². The first-order chi connectivity index (χ1) is 9.67. The Morgan fingerprint density at radius 2 is 2.10 bits per heavy atom. The van der Waals surface area contributed by atoms with Crippen molar-refractivity contribution in [2.45, 2.75) is 26.4 Å². The number of thiophene rings is 1. The smallest absolute Gasteiger partial charge is 0.130 e. The second-order valence-electron chi connectivity index (χ2n) is 4.78. The molecule has 0 aliphatic heterocycles. The minimum absolute atomic E-state index is 0.0106. The molecule has 1 heterocycles. The zero-order valence-electron chi connectivity index (χ0n) is 12.2. The van der Waals surface area contributed by atoms with Crippen LogP contribution in [0.5, 0.6) is 0 Å². The molecule has 1 aromatic carbocycles. The topological polar surface area (TPSA) is 15.3 Å². The Hall–Kier alpha value is -1.39. The monoisotopic (exact) mass is 292 g/mol. The van der Waals surface area contributed by atoms with Gasteiger partial charge in [0.2, 0.25) is 0 Å². The average Bonchev–Trinajstić information content (AvgIpc) is 2.96. The van der Waals surface area contributed by atoms with E-state index in [2.05, 4.69) is 34.7 Å². The van der Waals surface area contributed by atoms with E-state index >= 15 is 0 Å². The number of anilines is 1. The molecule has 1 unspecified atom stereocenters. The molecule has 20 heavy (non-hydrogen) atoms. The first-order valence-corrected chi connectivity index (χ1v) is 7.78. The van der Waals surface area contributed by atoms with Gasteiger partial charge in [0.15, 0.2) is 0 Å². The highest BCUT2D eigenvalue weighted by Crippen LogP contribution is 2.30. The Labute approximate surface area is 124 Å². The van der Waals surface area contributed by atoms with Crippen LogP contribution in [0.3, 0.4) is 0 Å². The summed E-state index contributed by atoms with van der Waals surface area (Å²) in [6.45, 7) is 5.76. The predicted octanol–water partition coefficient (Wildman–Crippen LogP) is 4.19. The summed E-state index contributed by atoms with van der Waals surface area (Å²) in [4.78, 5) is 3.51. The van der Waals surface area contributed by atoms with Crippen LogP contribution in [0.15, 0.2) is 35.7 Å². The average molecular weight is 292 g/mol. The van der Waals surface area contributed by atoms with Crippen molar-refractivity contribution < 1.29 is 4.39 Å². The second kappa shape index (κ2) is 6.86. The zero-order chi connectivity index (χ0) is 14.5. The van der Waals surface area contributed by atoms with Gasteiger partial charge in [-0.25, -0.2) is 4.39 Å². The Bertz CT molecular complexity index is 539. The van der Waals surface area contributed by atoms with Crippen LogP contribution in [-0.4, -0.2) is 13.6 Å². The van der Waals surface area contributed by atoms with Gasteiger partial charge in [-0.1, -0.05) is 12.1 Å². The van der Waals surface area contributed by atoms with E-state index < -0.39 is 0 Å². The lowest BCUT2D eigenvalue weighted by molar-refractivity contribution is 0.559. The van der Waals surface area contributed by atoms with Crippen LogP contribution < -0.4 is 10.2 Å². The summed E-state index contributed by atoms with van der Waals surface area (Å²) in [5.74, 6) is -0.144. The van der Waals surface area contributed by atoms with E-state index in [1.165, 1.54) is 10.9 Å². The molecule has 108 valence electrons. The van der Waals surface area contributed by atoms with Crippen LogP contribution in [0, 0.1) is 5.82 Å². The molecule has 2 rings (SSSR count). The highest BCUT2D eigenvalue weighted by Gasteiger charge is 2.18. The summed E-state index contributed by atoms with van der Waals surface area (Å²) >= 11 is 1.73. The SMILES string of the molecule is CCN(Cc1cccs1)c1cccc(F)c1C(C)NC. The number of benzene rings is 1. The summed E-state index contributed by atoms with van der Waals surface area (Å²) in [5, 5.41) is 5.21. The molecule has 1 aromatic heterocycles. The van der Waals surface area contributed by atoms with E-state index in [1.54, 1.807) is 17.4 Å². The minimum atomic E-state index is -0.144. The fraction of sp³-hybridized carbons (Fsp3) is 0.375. The first-order valence-electron chi connectivity index (χ1n) is 6.90. The zero-order valence-corrected chi connectivity index (χ0v) is 13.0. The number of hydrogen-bond acceptors (Lipinski definition) is 3. The largest absolute Gasteiger partial charge is 0.366 e. The molecule has 1 atom stereocenters. The molecule has 0 aliphatic carbocycles. The highest BCUT2D eigenvalue weighted by molar-refractivity contribution is 7.09. The quantitative estimate of drug-likeness (QED) is 0.858. The van der Waals surface area contributed by atoms with Gasteiger partial charge in [-0.05, 0) is 44.5 Å². The van der Waals surface area contributed by atoms with Crippen molar-refractivity contribution in [1.29, 1.82) is 0 Å². The lowest BCUT2D eigenvalue weighted by Gasteiger charge is -2.27. The molecule has 4 heteroatoms. The Morgan fingerprint density at radius 1 is 1.30 bits per heavy atom. The van der Waals surface area contributed by atoms with Gasteiger partial charge in [-0.15, -0.1) is 11.3 Å². The number of halogens is 1. The molecule has 2 nitrogen and oxygen atoms in total. The molecule has 2 aromatic rings. The maximum Gasteiger partial charge on any atom is 0.130 e. The van der Waals surface area contributed by atoms with Crippen LogP contribution in [0.25, 0.3) is 0 Å². The fourth-order valence-electron chi connectivity index (χ4n) is 2.33. The Balaban J connectivity index is 2.36. The van der Waals surface area contributed by atoms with Gasteiger partial charge in [0.25, 0.3) is 0 Å². The number of nitrogens with one attached hydrogen (secondary N) is 1. The summed E-state index contributed by atoms with van der Waals surface area (Å²) in [6.07, 6.45) is 0. The molecule has 1 N–H and O–H groups in total. The van der Waals surface area contributed by atoms with Crippen molar-refractivity contribution in [2.24, 2.45) is 0 Å². The minimum Gasteiger partial charge on any atom is -0.366 e. The molecule has 0 aliphatic rings. The van der Waals surface area contributed by atoms with Gasteiger partial charge in [-0.3, -0.25) is 0 Å². The van der Waals surface area contributed by atoms with Crippen molar-refractivity contribution in [3.63, 3.8) is 0 Å². The van der Waals surface area contributed by atoms with E-state index in [-0.39, 0.29) is 11.9 Å². The lowest BCUT2D eigenvalue weighted by atomic mass is 10.0. The summed E-state index contributed by atoms with van der Waals surface area (Å²) < 4.78 is 14.2. The molecular weight excluding hydrogens is 271 g/mol.